The molecular weight excluding hydrogens is 384 g/mol. The van der Waals surface area contributed by atoms with Crippen LogP contribution in [0.4, 0.5) is 0 Å². The van der Waals surface area contributed by atoms with Crippen LogP contribution in [0, 0.1) is 24.2 Å². The average Bonchev–Trinajstić information content (AvgIpc) is 3.51. The number of hydrogen-bond acceptors (Lipinski definition) is 2. The van der Waals surface area contributed by atoms with Gasteiger partial charge in [0, 0.05) is 25.6 Å². The van der Waals surface area contributed by atoms with E-state index in [2.05, 4.69) is 67.7 Å². The highest BCUT2D eigenvalue weighted by atomic mass is 16.2. The molecule has 1 N–H and O–H groups in total. The zero-order valence-electron chi connectivity index (χ0n) is 19.0. The van der Waals surface area contributed by atoms with Crippen LogP contribution in [0.25, 0.3) is 11.1 Å². The van der Waals surface area contributed by atoms with E-state index in [1.807, 2.05) is 11.8 Å². The monoisotopic (exact) mass is 418 g/mol. The van der Waals surface area contributed by atoms with E-state index in [1.165, 1.54) is 22.3 Å². The molecule has 2 aliphatic rings. The summed E-state index contributed by atoms with van der Waals surface area (Å²) in [5.74, 6) is 1.14. The number of amides is 2. The van der Waals surface area contributed by atoms with Gasteiger partial charge in [0.2, 0.25) is 11.8 Å². The Labute approximate surface area is 186 Å². The first-order valence-corrected chi connectivity index (χ1v) is 11.7. The number of aryl methyl sites for hydroxylation is 1. The number of benzene rings is 2. The van der Waals surface area contributed by atoms with Crippen molar-refractivity contribution >= 4 is 11.8 Å². The lowest BCUT2D eigenvalue weighted by molar-refractivity contribution is -0.141. The summed E-state index contributed by atoms with van der Waals surface area (Å²) in [5, 5.41) is 3.09. The number of nitrogens with zero attached hydrogens (tertiary/aromatic N) is 1. The van der Waals surface area contributed by atoms with Gasteiger partial charge in [-0.05, 0) is 67.7 Å². The first kappa shape index (κ1) is 21.6. The molecule has 1 aliphatic carbocycles. The quantitative estimate of drug-likeness (QED) is 0.745. The van der Waals surface area contributed by atoms with Gasteiger partial charge >= 0.3 is 0 Å². The van der Waals surface area contributed by atoms with Crippen LogP contribution in [-0.2, 0) is 16.0 Å². The van der Waals surface area contributed by atoms with E-state index in [0.29, 0.717) is 44.8 Å². The zero-order valence-corrected chi connectivity index (χ0v) is 19.0. The number of rotatable bonds is 6. The van der Waals surface area contributed by atoms with E-state index in [9.17, 15) is 9.59 Å². The van der Waals surface area contributed by atoms with Gasteiger partial charge in [-0.15, -0.1) is 0 Å². The van der Waals surface area contributed by atoms with Crippen molar-refractivity contribution in [3.63, 3.8) is 0 Å². The Morgan fingerprint density at radius 1 is 1.03 bits per heavy atom. The summed E-state index contributed by atoms with van der Waals surface area (Å²) in [7, 11) is 0. The largest absolute Gasteiger partial charge is 0.356 e. The molecule has 4 heteroatoms. The maximum Gasteiger partial charge on any atom is 0.226 e. The third-order valence-electron chi connectivity index (χ3n) is 7.26. The number of likely N-dealkylation sites (tertiary alicyclic amines) is 1. The lowest BCUT2D eigenvalue weighted by Gasteiger charge is -2.41. The van der Waals surface area contributed by atoms with E-state index in [-0.39, 0.29) is 17.7 Å². The SMILES string of the molecule is CCNC(=O)C1(Cc2ccccc2-c2ccccc2C)CCN(C(=O)C2CC2C)CC1. The molecule has 2 unspecified atom stereocenters. The van der Waals surface area contributed by atoms with Crippen LogP contribution in [0.15, 0.2) is 48.5 Å². The molecule has 0 spiro atoms. The number of nitrogens with one attached hydrogen (secondary N) is 1. The maximum absolute atomic E-state index is 13.3. The van der Waals surface area contributed by atoms with Crippen LogP contribution in [0.1, 0.15) is 44.2 Å². The van der Waals surface area contributed by atoms with Crippen molar-refractivity contribution in [3.05, 3.63) is 59.7 Å². The Morgan fingerprint density at radius 2 is 1.65 bits per heavy atom. The third kappa shape index (κ3) is 4.39. The molecule has 4 rings (SSSR count). The van der Waals surface area contributed by atoms with Crippen molar-refractivity contribution < 1.29 is 9.59 Å². The van der Waals surface area contributed by atoms with E-state index < -0.39 is 5.41 Å². The average molecular weight is 419 g/mol. The molecule has 31 heavy (non-hydrogen) atoms. The second kappa shape index (κ2) is 8.86. The molecule has 0 aromatic heterocycles. The minimum atomic E-state index is -0.471. The predicted octanol–water partition coefficient (Wildman–Crippen LogP) is 4.61. The second-order valence-electron chi connectivity index (χ2n) is 9.43. The highest BCUT2D eigenvalue weighted by molar-refractivity contribution is 5.85. The van der Waals surface area contributed by atoms with E-state index >= 15 is 0 Å². The van der Waals surface area contributed by atoms with Crippen molar-refractivity contribution in [2.75, 3.05) is 19.6 Å². The number of hydrogen-bond donors (Lipinski definition) is 1. The summed E-state index contributed by atoms with van der Waals surface area (Å²) in [4.78, 5) is 28.0. The summed E-state index contributed by atoms with van der Waals surface area (Å²) >= 11 is 0. The Balaban J connectivity index is 1.60. The molecular formula is C27H34N2O2. The molecule has 2 atom stereocenters. The Hall–Kier alpha value is -2.62. The third-order valence-corrected chi connectivity index (χ3v) is 7.26. The van der Waals surface area contributed by atoms with Gasteiger partial charge in [-0.25, -0.2) is 0 Å². The van der Waals surface area contributed by atoms with Gasteiger partial charge in [0.15, 0.2) is 0 Å². The predicted molar refractivity (Wildman–Crippen MR) is 125 cm³/mol. The van der Waals surface area contributed by atoms with Crippen LogP contribution in [0.5, 0.6) is 0 Å². The molecule has 2 amide bonds. The number of carbonyl (C=O) groups excluding carboxylic acids is 2. The maximum atomic E-state index is 13.3. The minimum Gasteiger partial charge on any atom is -0.356 e. The molecule has 2 aromatic rings. The topological polar surface area (TPSA) is 49.4 Å². The Bertz CT molecular complexity index is 959. The molecule has 4 nitrogen and oxygen atoms in total. The molecule has 1 saturated carbocycles. The van der Waals surface area contributed by atoms with Crippen molar-refractivity contribution in [1.29, 1.82) is 0 Å². The van der Waals surface area contributed by atoms with Gasteiger partial charge in [-0.3, -0.25) is 9.59 Å². The summed E-state index contributed by atoms with van der Waals surface area (Å²) in [6.45, 7) is 8.22. The van der Waals surface area contributed by atoms with E-state index in [4.69, 9.17) is 0 Å². The van der Waals surface area contributed by atoms with Crippen LogP contribution in [-0.4, -0.2) is 36.3 Å². The summed E-state index contributed by atoms with van der Waals surface area (Å²) in [6, 6.07) is 16.9. The Kier molecular flexibility index (Phi) is 6.17. The lowest BCUT2D eigenvalue weighted by Crippen LogP contribution is -2.51. The number of carbonyl (C=O) groups is 2. The van der Waals surface area contributed by atoms with Gasteiger partial charge < -0.3 is 10.2 Å². The standard InChI is InChI=1S/C27H34N2O2/c1-4-28-26(31)27(13-15-29(16-14-27)25(30)24-17-20(24)3)18-21-10-6-8-12-23(21)22-11-7-5-9-19(22)2/h5-12,20,24H,4,13-18H2,1-3H3,(H,28,31). The van der Waals surface area contributed by atoms with E-state index in [0.717, 1.165) is 6.42 Å². The van der Waals surface area contributed by atoms with Gasteiger partial charge in [0.25, 0.3) is 0 Å². The van der Waals surface area contributed by atoms with Crippen LogP contribution >= 0.6 is 0 Å². The lowest BCUT2D eigenvalue weighted by atomic mass is 9.71. The molecule has 2 aromatic carbocycles. The van der Waals surface area contributed by atoms with Gasteiger partial charge in [0.1, 0.15) is 0 Å². The second-order valence-corrected chi connectivity index (χ2v) is 9.43. The first-order valence-electron chi connectivity index (χ1n) is 11.7. The summed E-state index contributed by atoms with van der Waals surface area (Å²) < 4.78 is 0. The molecule has 1 heterocycles. The molecule has 0 bridgehead atoms. The van der Waals surface area contributed by atoms with Crippen LogP contribution in [0.3, 0.4) is 0 Å². The zero-order chi connectivity index (χ0) is 22.0. The van der Waals surface area contributed by atoms with Crippen molar-refractivity contribution in [1.82, 2.24) is 10.2 Å². The van der Waals surface area contributed by atoms with Crippen molar-refractivity contribution in [3.8, 4) is 11.1 Å². The summed E-state index contributed by atoms with van der Waals surface area (Å²) in [5.41, 5.74) is 4.40. The Morgan fingerprint density at radius 3 is 2.26 bits per heavy atom. The van der Waals surface area contributed by atoms with Gasteiger partial charge in [0.05, 0.1) is 5.41 Å². The van der Waals surface area contributed by atoms with E-state index in [1.54, 1.807) is 0 Å². The highest BCUT2D eigenvalue weighted by Gasteiger charge is 2.46. The minimum absolute atomic E-state index is 0.126. The highest BCUT2D eigenvalue weighted by Crippen LogP contribution is 2.42. The molecule has 1 aliphatic heterocycles. The fourth-order valence-corrected chi connectivity index (χ4v) is 5.06. The number of piperidine rings is 1. The first-order chi connectivity index (χ1) is 14.9. The van der Waals surface area contributed by atoms with Gasteiger partial charge in [-0.1, -0.05) is 55.5 Å². The molecule has 164 valence electrons. The van der Waals surface area contributed by atoms with Crippen molar-refractivity contribution in [2.45, 2.75) is 46.5 Å². The van der Waals surface area contributed by atoms with Crippen LogP contribution < -0.4 is 5.32 Å². The fraction of sp³-hybridized carbons (Fsp3) is 0.481. The fourth-order valence-electron chi connectivity index (χ4n) is 5.06. The van der Waals surface area contributed by atoms with Crippen LogP contribution in [0.2, 0.25) is 0 Å². The molecule has 1 saturated heterocycles. The normalized spacial score (nSPS) is 22.1. The van der Waals surface area contributed by atoms with Crippen molar-refractivity contribution in [2.24, 2.45) is 17.3 Å². The summed E-state index contributed by atoms with van der Waals surface area (Å²) in [6.07, 6.45) is 3.15. The van der Waals surface area contributed by atoms with Gasteiger partial charge in [-0.2, -0.15) is 0 Å². The smallest absolute Gasteiger partial charge is 0.226 e. The molecule has 2 fully saturated rings. The molecule has 0 radical (unpaired) electrons.